The van der Waals surface area contributed by atoms with Crippen LogP contribution in [-0.2, 0) is 0 Å². The molecule has 0 amide bonds. The van der Waals surface area contributed by atoms with Crippen LogP contribution in [0.15, 0.2) is 23.1 Å². The molecule has 0 aliphatic rings. The van der Waals surface area contributed by atoms with Crippen LogP contribution in [-0.4, -0.2) is 6.26 Å². The molecule has 0 atom stereocenters. The van der Waals surface area contributed by atoms with Gasteiger partial charge in [-0.1, -0.05) is 11.6 Å². The van der Waals surface area contributed by atoms with Crippen molar-refractivity contribution in [3.63, 3.8) is 0 Å². The Labute approximate surface area is 83.5 Å². The average Bonchev–Trinajstić information content (AvgIpc) is 1.94. The summed E-state index contributed by atoms with van der Waals surface area (Å²) in [5.74, 6) is 0. The summed E-state index contributed by atoms with van der Waals surface area (Å²) in [6.45, 7) is 0. The van der Waals surface area contributed by atoms with Crippen LogP contribution in [0.4, 0.5) is 0 Å². The van der Waals surface area contributed by atoms with Gasteiger partial charge in [0.15, 0.2) is 0 Å². The number of rotatable bonds is 1. The van der Waals surface area contributed by atoms with E-state index in [4.69, 9.17) is 11.6 Å². The van der Waals surface area contributed by atoms with E-state index < -0.39 is 0 Å². The van der Waals surface area contributed by atoms with E-state index in [0.29, 0.717) is 0 Å². The molecule has 1 aromatic carbocycles. The van der Waals surface area contributed by atoms with Gasteiger partial charge in [0.1, 0.15) is 0 Å². The molecule has 3 heteroatoms. The molecule has 0 fully saturated rings. The van der Waals surface area contributed by atoms with E-state index in [1.165, 1.54) is 8.47 Å². The highest BCUT2D eigenvalue weighted by Gasteiger charge is 1.96. The average molecular weight is 285 g/mol. The number of hydrogen-bond acceptors (Lipinski definition) is 1. The normalized spacial score (nSPS) is 9.90. The molecular weight excluding hydrogens is 279 g/mol. The van der Waals surface area contributed by atoms with E-state index in [1.807, 2.05) is 24.5 Å². The Morgan fingerprint density at radius 3 is 2.70 bits per heavy atom. The Kier molecular flexibility index (Phi) is 3.33. The maximum absolute atomic E-state index is 5.78. The molecule has 0 spiro atoms. The summed E-state index contributed by atoms with van der Waals surface area (Å²) >= 11 is 9.79. The molecule has 0 saturated carbocycles. The second-order valence-corrected chi connectivity index (χ2v) is 4.23. The third-order valence-corrected chi connectivity index (χ3v) is 3.43. The van der Waals surface area contributed by atoms with Gasteiger partial charge in [0.25, 0.3) is 0 Å². The minimum atomic E-state index is 0.810. The zero-order valence-corrected chi connectivity index (χ0v) is 9.13. The van der Waals surface area contributed by atoms with Gasteiger partial charge >= 0.3 is 0 Å². The Balaban J connectivity index is 3.09. The first-order valence-corrected chi connectivity index (χ1v) is 5.41. The Hall–Kier alpha value is 0.590. The third-order valence-electron chi connectivity index (χ3n) is 1.11. The minimum absolute atomic E-state index is 0.810. The fraction of sp³-hybridized carbons (Fsp3) is 0.143. The summed E-state index contributed by atoms with van der Waals surface area (Å²) in [5.41, 5.74) is 0. The number of benzene rings is 1. The van der Waals surface area contributed by atoms with Crippen LogP contribution in [0.2, 0.25) is 5.02 Å². The largest absolute Gasteiger partial charge is 0.128 e. The fourth-order valence-corrected chi connectivity index (χ4v) is 2.37. The molecule has 0 heterocycles. The van der Waals surface area contributed by atoms with Gasteiger partial charge in [0.05, 0.1) is 0 Å². The summed E-state index contributed by atoms with van der Waals surface area (Å²) < 4.78 is 1.26. The minimum Gasteiger partial charge on any atom is -0.128 e. The molecule has 0 nitrogen and oxygen atoms in total. The van der Waals surface area contributed by atoms with Gasteiger partial charge in [-0.2, -0.15) is 0 Å². The summed E-state index contributed by atoms with van der Waals surface area (Å²) in [5, 5.41) is 0.810. The van der Waals surface area contributed by atoms with Crippen LogP contribution >= 0.6 is 46.0 Å². The Morgan fingerprint density at radius 2 is 2.20 bits per heavy atom. The third kappa shape index (κ3) is 2.04. The maximum Gasteiger partial charge on any atom is 0.0417 e. The molecular formula is C7H6ClIS. The van der Waals surface area contributed by atoms with Crippen molar-refractivity contribution in [2.24, 2.45) is 0 Å². The van der Waals surface area contributed by atoms with Crippen molar-refractivity contribution in [1.82, 2.24) is 0 Å². The van der Waals surface area contributed by atoms with E-state index in [0.717, 1.165) is 5.02 Å². The second-order valence-electron chi connectivity index (χ2n) is 1.78. The molecule has 0 aromatic heterocycles. The quantitative estimate of drug-likeness (QED) is 0.560. The van der Waals surface area contributed by atoms with E-state index in [-0.39, 0.29) is 0 Å². The lowest BCUT2D eigenvalue weighted by Gasteiger charge is -1.99. The summed E-state index contributed by atoms with van der Waals surface area (Å²) in [6, 6.07) is 5.91. The van der Waals surface area contributed by atoms with Crippen molar-refractivity contribution in [3.8, 4) is 0 Å². The molecule has 0 unspecified atom stereocenters. The van der Waals surface area contributed by atoms with Crippen molar-refractivity contribution in [2.45, 2.75) is 4.90 Å². The number of hydrogen-bond donors (Lipinski definition) is 0. The van der Waals surface area contributed by atoms with Gasteiger partial charge in [-0.25, -0.2) is 0 Å². The maximum atomic E-state index is 5.78. The monoisotopic (exact) mass is 284 g/mol. The first-order chi connectivity index (χ1) is 4.74. The summed E-state index contributed by atoms with van der Waals surface area (Å²) in [7, 11) is 0. The highest BCUT2D eigenvalue weighted by atomic mass is 127. The van der Waals surface area contributed by atoms with Gasteiger partial charge in [-0.05, 0) is 47.0 Å². The van der Waals surface area contributed by atoms with Crippen molar-refractivity contribution >= 4 is 46.0 Å². The summed E-state index contributed by atoms with van der Waals surface area (Å²) in [4.78, 5) is 1.24. The molecule has 0 N–H and O–H groups in total. The van der Waals surface area contributed by atoms with Crippen molar-refractivity contribution in [2.75, 3.05) is 6.26 Å². The molecule has 54 valence electrons. The molecule has 0 bridgehead atoms. The lowest BCUT2D eigenvalue weighted by molar-refractivity contribution is 1.41. The lowest BCUT2D eigenvalue weighted by Crippen LogP contribution is -1.75. The van der Waals surface area contributed by atoms with Gasteiger partial charge < -0.3 is 0 Å². The highest BCUT2D eigenvalue weighted by Crippen LogP contribution is 2.25. The first kappa shape index (κ1) is 8.68. The van der Waals surface area contributed by atoms with Gasteiger partial charge in [-0.15, -0.1) is 11.8 Å². The molecule has 1 rings (SSSR count). The second kappa shape index (κ2) is 3.83. The predicted molar refractivity (Wildman–Crippen MR) is 56.0 cm³/mol. The molecule has 0 aliphatic carbocycles. The Morgan fingerprint density at radius 1 is 1.50 bits per heavy atom. The molecule has 0 radical (unpaired) electrons. The topological polar surface area (TPSA) is 0 Å². The Bertz CT molecular complexity index is 237. The standard InChI is InChI=1S/C7H6ClIS/c1-10-7-4-5(8)2-3-6(7)9/h2-4H,1H3. The summed E-state index contributed by atoms with van der Waals surface area (Å²) in [6.07, 6.45) is 2.05. The predicted octanol–water partition coefficient (Wildman–Crippen LogP) is 3.67. The number of halogens is 2. The highest BCUT2D eigenvalue weighted by molar-refractivity contribution is 14.1. The van der Waals surface area contributed by atoms with Crippen LogP contribution in [0.1, 0.15) is 0 Å². The molecule has 1 aromatic rings. The van der Waals surface area contributed by atoms with Gasteiger partial charge in [0, 0.05) is 13.5 Å². The van der Waals surface area contributed by atoms with Crippen LogP contribution in [0.3, 0.4) is 0 Å². The zero-order valence-electron chi connectivity index (χ0n) is 5.40. The molecule has 0 aliphatic heterocycles. The first-order valence-electron chi connectivity index (χ1n) is 2.73. The van der Waals surface area contributed by atoms with Crippen molar-refractivity contribution in [1.29, 1.82) is 0 Å². The van der Waals surface area contributed by atoms with E-state index in [1.54, 1.807) is 11.8 Å². The van der Waals surface area contributed by atoms with Crippen molar-refractivity contribution in [3.05, 3.63) is 26.8 Å². The SMILES string of the molecule is CSc1cc(Cl)ccc1I. The van der Waals surface area contributed by atoms with Crippen LogP contribution in [0.25, 0.3) is 0 Å². The fourth-order valence-electron chi connectivity index (χ4n) is 0.634. The molecule has 0 saturated heterocycles. The van der Waals surface area contributed by atoms with E-state index in [9.17, 15) is 0 Å². The van der Waals surface area contributed by atoms with E-state index >= 15 is 0 Å². The number of thioether (sulfide) groups is 1. The van der Waals surface area contributed by atoms with Gasteiger partial charge in [-0.3, -0.25) is 0 Å². The smallest absolute Gasteiger partial charge is 0.0417 e. The zero-order chi connectivity index (χ0) is 7.56. The van der Waals surface area contributed by atoms with E-state index in [2.05, 4.69) is 22.6 Å². The van der Waals surface area contributed by atoms with Gasteiger partial charge in [0.2, 0.25) is 0 Å². The van der Waals surface area contributed by atoms with Crippen LogP contribution in [0.5, 0.6) is 0 Å². The van der Waals surface area contributed by atoms with Crippen molar-refractivity contribution < 1.29 is 0 Å². The van der Waals surface area contributed by atoms with Crippen LogP contribution in [0, 0.1) is 3.57 Å². The lowest BCUT2D eigenvalue weighted by atomic mass is 10.4. The van der Waals surface area contributed by atoms with Crippen LogP contribution < -0.4 is 0 Å². The molecule has 10 heavy (non-hydrogen) atoms.